The molecule has 0 amide bonds. The summed E-state index contributed by atoms with van der Waals surface area (Å²) in [6, 6.07) is -3.81. The van der Waals surface area contributed by atoms with Crippen LogP contribution in [0.3, 0.4) is 0 Å². The molecule has 0 aromatic heterocycles. The Bertz CT molecular complexity index is 974. The van der Waals surface area contributed by atoms with Crippen molar-refractivity contribution in [3.8, 4) is 0 Å². The molecule has 0 heterocycles. The van der Waals surface area contributed by atoms with Gasteiger partial charge in [0.1, 0.15) is 0 Å². The molecule has 72 valence electrons. The first kappa shape index (κ1) is 3.60. The molecule has 0 saturated heterocycles. The van der Waals surface area contributed by atoms with Crippen molar-refractivity contribution in [2.75, 3.05) is 0 Å². The summed E-state index contributed by atoms with van der Waals surface area (Å²) >= 11 is 3.16. The molecule has 1 heteroatoms. The van der Waals surface area contributed by atoms with Crippen LogP contribution in [0.2, 0.25) is 0 Å². The maximum atomic E-state index is 8.22. The number of benzene rings is 3. The molecule has 0 aliphatic heterocycles. The lowest BCUT2D eigenvalue weighted by molar-refractivity contribution is 1.74. The van der Waals surface area contributed by atoms with Crippen LogP contribution in [0.25, 0.3) is 21.5 Å². The van der Waals surface area contributed by atoms with Gasteiger partial charge in [0.25, 0.3) is 0 Å². The third-order valence-electron chi connectivity index (χ3n) is 2.08. The van der Waals surface area contributed by atoms with Gasteiger partial charge in [0.15, 0.2) is 0 Å². The highest BCUT2D eigenvalue weighted by Gasteiger charge is 2.02. The Balaban J connectivity index is 2.87. The van der Waals surface area contributed by atoms with Crippen molar-refractivity contribution in [3.05, 3.63) is 58.9 Å². The second kappa shape index (κ2) is 3.35. The SMILES string of the molecule is [2H]c1c([2H])c([2H])c2c(c1[2H])c([2H])c(Br)c1c([2H])c([2H])c([2H])c([2H])c12. The summed E-state index contributed by atoms with van der Waals surface area (Å²) < 4.78 is 71.9. The zero-order valence-corrected chi connectivity index (χ0v) is 8.96. The fraction of sp³-hybridized carbons (Fsp3) is 0. The molecule has 0 nitrogen and oxygen atoms in total. The summed E-state index contributed by atoms with van der Waals surface area (Å²) in [5.74, 6) is 0. The van der Waals surface area contributed by atoms with Gasteiger partial charge in [-0.1, -0.05) is 64.3 Å². The van der Waals surface area contributed by atoms with E-state index in [-0.39, 0.29) is 38.1 Å². The first-order valence-corrected chi connectivity index (χ1v) is 4.98. The summed E-state index contributed by atoms with van der Waals surface area (Å²) in [5.41, 5.74) is 0. The van der Waals surface area contributed by atoms with Crippen LogP contribution in [0.1, 0.15) is 12.3 Å². The Morgan fingerprint density at radius 1 is 0.800 bits per heavy atom. The molecule has 0 bridgehead atoms. The molecule has 0 N–H and O–H groups in total. The highest BCUT2D eigenvalue weighted by atomic mass is 79.9. The minimum absolute atomic E-state index is 0.0223. The van der Waals surface area contributed by atoms with E-state index in [1.807, 2.05) is 0 Å². The van der Waals surface area contributed by atoms with Gasteiger partial charge in [0, 0.05) is 4.47 Å². The standard InChI is InChI=1S/C14H9Br/c15-14-9-10-5-1-2-6-11(10)12-7-3-4-8-13(12)14/h1-9H/i1D,2D,3D,4D,5D,6D,7D,8D,9D. The van der Waals surface area contributed by atoms with Gasteiger partial charge >= 0.3 is 0 Å². The Labute approximate surface area is 109 Å². The predicted molar refractivity (Wildman–Crippen MR) is 69.2 cm³/mol. The van der Waals surface area contributed by atoms with Gasteiger partial charge in [-0.2, -0.15) is 0 Å². The third kappa shape index (κ3) is 1.35. The number of halogens is 1. The largest absolute Gasteiger partial charge is 0.0641 e. The van der Waals surface area contributed by atoms with E-state index in [0.29, 0.717) is 0 Å². The van der Waals surface area contributed by atoms with Crippen LogP contribution in [0.4, 0.5) is 0 Å². The van der Waals surface area contributed by atoms with Crippen molar-refractivity contribution in [2.24, 2.45) is 0 Å². The van der Waals surface area contributed by atoms with E-state index in [9.17, 15) is 0 Å². The molecule has 0 aliphatic rings. The minimum atomic E-state index is -0.511. The average Bonchev–Trinajstić information content (AvgIpc) is 2.56. The molecular weight excluding hydrogens is 248 g/mol. The van der Waals surface area contributed by atoms with Crippen LogP contribution in [0.5, 0.6) is 0 Å². The Morgan fingerprint density at radius 2 is 1.40 bits per heavy atom. The summed E-state index contributed by atoms with van der Waals surface area (Å²) in [5, 5.41) is -0.143. The average molecular weight is 266 g/mol. The summed E-state index contributed by atoms with van der Waals surface area (Å²) in [6.45, 7) is 0. The predicted octanol–water partition coefficient (Wildman–Crippen LogP) is 4.76. The van der Waals surface area contributed by atoms with Crippen molar-refractivity contribution < 1.29 is 12.3 Å². The Morgan fingerprint density at radius 3 is 2.20 bits per heavy atom. The molecular formula is C14H9Br. The number of hydrogen-bond acceptors (Lipinski definition) is 0. The molecule has 0 unspecified atom stereocenters. The van der Waals surface area contributed by atoms with Gasteiger partial charge in [-0.15, -0.1) is 0 Å². The van der Waals surface area contributed by atoms with Crippen molar-refractivity contribution in [2.45, 2.75) is 0 Å². The van der Waals surface area contributed by atoms with Crippen LogP contribution < -0.4 is 0 Å². The van der Waals surface area contributed by atoms with Gasteiger partial charge in [0.2, 0.25) is 0 Å². The van der Waals surface area contributed by atoms with Crippen molar-refractivity contribution in [1.29, 1.82) is 0 Å². The molecule has 0 radical (unpaired) electrons. The van der Waals surface area contributed by atoms with E-state index in [0.717, 1.165) is 0 Å². The highest BCUT2D eigenvalue weighted by molar-refractivity contribution is 9.10. The normalized spacial score (nSPS) is 19.4. The fourth-order valence-corrected chi connectivity index (χ4v) is 1.93. The van der Waals surface area contributed by atoms with Crippen molar-refractivity contribution in [1.82, 2.24) is 0 Å². The van der Waals surface area contributed by atoms with Gasteiger partial charge in [-0.05, 0) is 27.6 Å². The molecule has 3 aromatic carbocycles. The maximum absolute atomic E-state index is 8.22. The van der Waals surface area contributed by atoms with E-state index < -0.39 is 42.3 Å². The van der Waals surface area contributed by atoms with Gasteiger partial charge < -0.3 is 0 Å². The van der Waals surface area contributed by atoms with Crippen LogP contribution >= 0.6 is 15.9 Å². The maximum Gasteiger partial charge on any atom is 0.0641 e. The van der Waals surface area contributed by atoms with Crippen LogP contribution in [-0.2, 0) is 0 Å². The Hall–Kier alpha value is -1.34. The summed E-state index contributed by atoms with van der Waals surface area (Å²) in [7, 11) is 0. The molecule has 0 atom stereocenters. The van der Waals surface area contributed by atoms with Gasteiger partial charge in [-0.3, -0.25) is 0 Å². The third-order valence-corrected chi connectivity index (χ3v) is 2.67. The first-order chi connectivity index (χ1) is 11.1. The zero-order valence-electron chi connectivity index (χ0n) is 16.4. The molecule has 3 aromatic rings. The topological polar surface area (TPSA) is 0 Å². The lowest BCUT2D eigenvalue weighted by atomic mass is 10.0. The quantitative estimate of drug-likeness (QED) is 0.515. The van der Waals surface area contributed by atoms with Crippen molar-refractivity contribution >= 4 is 37.5 Å². The lowest BCUT2D eigenvalue weighted by Crippen LogP contribution is -1.78. The fourth-order valence-electron chi connectivity index (χ4n) is 1.43. The Kier molecular flexibility index (Phi) is 0.805. The molecule has 3 rings (SSSR count). The molecule has 15 heavy (non-hydrogen) atoms. The number of rotatable bonds is 0. The van der Waals surface area contributed by atoms with E-state index in [4.69, 9.17) is 12.3 Å². The molecule has 0 saturated carbocycles. The van der Waals surface area contributed by atoms with E-state index in [2.05, 4.69) is 15.9 Å². The van der Waals surface area contributed by atoms with Crippen molar-refractivity contribution in [3.63, 3.8) is 0 Å². The smallest absolute Gasteiger partial charge is 0.0616 e. The second-order valence-corrected chi connectivity index (χ2v) is 3.73. The van der Waals surface area contributed by atoms with Gasteiger partial charge in [-0.25, -0.2) is 0 Å². The van der Waals surface area contributed by atoms with Gasteiger partial charge in [0.05, 0.1) is 12.3 Å². The number of fused-ring (bicyclic) bond motifs is 3. The molecule has 0 spiro atoms. The second-order valence-electron chi connectivity index (χ2n) is 2.94. The lowest BCUT2D eigenvalue weighted by Gasteiger charge is -2.05. The van der Waals surface area contributed by atoms with E-state index in [1.165, 1.54) is 0 Å². The van der Waals surface area contributed by atoms with E-state index in [1.54, 1.807) is 0 Å². The highest BCUT2D eigenvalue weighted by Crippen LogP contribution is 2.31. The minimum Gasteiger partial charge on any atom is -0.0616 e. The van der Waals surface area contributed by atoms with E-state index >= 15 is 0 Å². The first-order valence-electron chi connectivity index (χ1n) is 8.69. The number of hydrogen-bond donors (Lipinski definition) is 0. The molecule has 0 fully saturated rings. The zero-order chi connectivity index (χ0) is 18.1. The summed E-state index contributed by atoms with van der Waals surface area (Å²) in [4.78, 5) is 0. The summed E-state index contributed by atoms with van der Waals surface area (Å²) in [6.07, 6.45) is 0. The van der Waals surface area contributed by atoms with Crippen LogP contribution in [-0.4, -0.2) is 0 Å². The van der Waals surface area contributed by atoms with Crippen LogP contribution in [0, 0.1) is 0 Å². The van der Waals surface area contributed by atoms with Crippen LogP contribution in [0.15, 0.2) is 58.9 Å². The monoisotopic (exact) mass is 265 g/mol. The molecule has 0 aliphatic carbocycles.